The van der Waals surface area contributed by atoms with Crippen LogP contribution in [0, 0.1) is 0 Å². The Kier molecular flexibility index (Phi) is 1.78. The molecule has 0 saturated carbocycles. The molecule has 0 spiro atoms. The first-order valence-corrected chi connectivity index (χ1v) is 3.01. The Hall–Kier alpha value is -1.22. The Labute approximate surface area is 59.3 Å². The van der Waals surface area contributed by atoms with Crippen LogP contribution in [0.4, 0.5) is 0 Å². The minimum absolute atomic E-state index is 0.0733. The summed E-state index contributed by atoms with van der Waals surface area (Å²) in [6, 6.07) is -0.150. The summed E-state index contributed by atoms with van der Waals surface area (Å²) in [4.78, 5) is 0. The summed E-state index contributed by atoms with van der Waals surface area (Å²) in [5, 5.41) is 9.04. The molecule has 3 nitrogen and oxygen atoms in total. The lowest BCUT2D eigenvalue weighted by Gasteiger charge is -1.92. The van der Waals surface area contributed by atoms with Gasteiger partial charge in [-0.15, -0.1) is 0 Å². The summed E-state index contributed by atoms with van der Waals surface area (Å²) >= 11 is 0. The van der Waals surface area contributed by atoms with Crippen LogP contribution >= 0.6 is 0 Å². The average molecular weight is 138 g/mol. The highest BCUT2D eigenvalue weighted by molar-refractivity contribution is 5.31. The van der Waals surface area contributed by atoms with Crippen LogP contribution < -0.4 is 11.5 Å². The molecule has 0 aromatic rings. The number of aliphatic hydroxyl groups is 1. The van der Waals surface area contributed by atoms with E-state index < -0.39 is 0 Å². The van der Waals surface area contributed by atoms with Gasteiger partial charge in [-0.05, 0) is 12.2 Å². The fraction of sp³-hybridized carbons (Fsp3) is 0.143. The smallest absolute Gasteiger partial charge is 0.138 e. The first-order chi connectivity index (χ1) is 4.70. The van der Waals surface area contributed by atoms with E-state index in [1.54, 1.807) is 18.2 Å². The summed E-state index contributed by atoms with van der Waals surface area (Å²) in [6.07, 6.45) is 6.49. The van der Waals surface area contributed by atoms with Crippen molar-refractivity contribution in [2.24, 2.45) is 11.5 Å². The van der Waals surface area contributed by atoms with Crippen molar-refractivity contribution in [3.05, 3.63) is 35.8 Å². The van der Waals surface area contributed by atoms with Crippen LogP contribution in [0.1, 0.15) is 0 Å². The fourth-order valence-corrected chi connectivity index (χ4v) is 0.663. The lowest BCUT2D eigenvalue weighted by atomic mass is 10.3. The van der Waals surface area contributed by atoms with Crippen molar-refractivity contribution in [3.8, 4) is 0 Å². The molecule has 0 aliphatic heterocycles. The number of allylic oxidation sites excluding steroid dienone is 2. The zero-order valence-electron chi connectivity index (χ0n) is 5.49. The van der Waals surface area contributed by atoms with E-state index >= 15 is 0 Å². The lowest BCUT2D eigenvalue weighted by molar-refractivity contribution is 0.427. The molecule has 1 unspecified atom stereocenters. The van der Waals surface area contributed by atoms with Crippen LogP contribution in [-0.4, -0.2) is 11.1 Å². The Morgan fingerprint density at radius 2 is 1.90 bits per heavy atom. The third-order valence-electron chi connectivity index (χ3n) is 1.27. The zero-order chi connectivity index (χ0) is 7.56. The molecule has 1 rings (SSSR count). The van der Waals surface area contributed by atoms with E-state index in [9.17, 15) is 0 Å². The van der Waals surface area contributed by atoms with Crippen molar-refractivity contribution in [1.29, 1.82) is 0 Å². The van der Waals surface area contributed by atoms with Gasteiger partial charge in [0, 0.05) is 6.04 Å². The Morgan fingerprint density at radius 1 is 1.30 bits per heavy atom. The first kappa shape index (κ1) is 6.89. The molecule has 0 aromatic carbocycles. The van der Waals surface area contributed by atoms with Crippen molar-refractivity contribution in [1.82, 2.24) is 0 Å². The number of aliphatic hydroxyl groups excluding tert-OH is 1. The normalized spacial score (nSPS) is 25.1. The summed E-state index contributed by atoms with van der Waals surface area (Å²) in [7, 11) is 0. The van der Waals surface area contributed by atoms with Crippen molar-refractivity contribution >= 4 is 0 Å². The topological polar surface area (TPSA) is 72.3 Å². The molecule has 1 aliphatic rings. The molecular formula is C7H10N2O. The highest BCUT2D eigenvalue weighted by Crippen LogP contribution is 2.04. The summed E-state index contributed by atoms with van der Waals surface area (Å²) < 4.78 is 0. The van der Waals surface area contributed by atoms with E-state index in [4.69, 9.17) is 16.6 Å². The quantitative estimate of drug-likeness (QED) is 0.446. The standard InChI is InChI=1S/C7H10N2O/c8-5-1-3-6(9)7(10)4-2-5/h1-5,10H,8-9H2. The number of rotatable bonds is 0. The van der Waals surface area contributed by atoms with Gasteiger partial charge in [0.1, 0.15) is 5.76 Å². The summed E-state index contributed by atoms with van der Waals surface area (Å²) in [5.41, 5.74) is 11.2. The summed E-state index contributed by atoms with van der Waals surface area (Å²) in [6.45, 7) is 0. The summed E-state index contributed by atoms with van der Waals surface area (Å²) in [5.74, 6) is 0.0733. The molecule has 0 aromatic heterocycles. The molecule has 5 N–H and O–H groups in total. The minimum atomic E-state index is -0.150. The van der Waals surface area contributed by atoms with E-state index in [1.165, 1.54) is 6.08 Å². The van der Waals surface area contributed by atoms with Gasteiger partial charge in [-0.1, -0.05) is 12.2 Å². The second-order valence-corrected chi connectivity index (χ2v) is 2.14. The van der Waals surface area contributed by atoms with Crippen LogP contribution in [0.3, 0.4) is 0 Å². The molecule has 3 heteroatoms. The van der Waals surface area contributed by atoms with Crippen LogP contribution in [0.5, 0.6) is 0 Å². The van der Waals surface area contributed by atoms with Crippen LogP contribution in [0.2, 0.25) is 0 Å². The van der Waals surface area contributed by atoms with Gasteiger partial charge in [0.05, 0.1) is 5.70 Å². The average Bonchev–Trinajstić information content (AvgIpc) is 2.04. The molecule has 1 aliphatic carbocycles. The number of nitrogens with two attached hydrogens (primary N) is 2. The molecule has 54 valence electrons. The monoisotopic (exact) mass is 138 g/mol. The van der Waals surface area contributed by atoms with Gasteiger partial charge in [-0.3, -0.25) is 0 Å². The van der Waals surface area contributed by atoms with Gasteiger partial charge < -0.3 is 16.6 Å². The second-order valence-electron chi connectivity index (χ2n) is 2.14. The Morgan fingerprint density at radius 3 is 2.60 bits per heavy atom. The zero-order valence-corrected chi connectivity index (χ0v) is 5.49. The highest BCUT2D eigenvalue weighted by atomic mass is 16.3. The maximum atomic E-state index is 9.04. The molecule has 0 bridgehead atoms. The third-order valence-corrected chi connectivity index (χ3v) is 1.27. The van der Waals surface area contributed by atoms with Crippen molar-refractivity contribution in [2.75, 3.05) is 0 Å². The molecule has 0 radical (unpaired) electrons. The SMILES string of the molecule is NC1=C(O)C=CC(N)C=C1. The van der Waals surface area contributed by atoms with Gasteiger partial charge in [-0.25, -0.2) is 0 Å². The van der Waals surface area contributed by atoms with Crippen LogP contribution in [0.15, 0.2) is 35.8 Å². The van der Waals surface area contributed by atoms with Gasteiger partial charge in [0.2, 0.25) is 0 Å². The van der Waals surface area contributed by atoms with Crippen LogP contribution in [0.25, 0.3) is 0 Å². The van der Waals surface area contributed by atoms with Gasteiger partial charge >= 0.3 is 0 Å². The fourth-order valence-electron chi connectivity index (χ4n) is 0.663. The predicted molar refractivity (Wildman–Crippen MR) is 40.1 cm³/mol. The maximum absolute atomic E-state index is 9.04. The van der Waals surface area contributed by atoms with Gasteiger partial charge in [0.25, 0.3) is 0 Å². The Balaban J connectivity index is 2.91. The lowest BCUT2D eigenvalue weighted by Crippen LogP contribution is -2.12. The van der Waals surface area contributed by atoms with Gasteiger partial charge in [0.15, 0.2) is 0 Å². The number of hydrogen-bond donors (Lipinski definition) is 3. The van der Waals surface area contributed by atoms with Crippen molar-refractivity contribution in [2.45, 2.75) is 6.04 Å². The van der Waals surface area contributed by atoms with Gasteiger partial charge in [-0.2, -0.15) is 0 Å². The first-order valence-electron chi connectivity index (χ1n) is 3.01. The highest BCUT2D eigenvalue weighted by Gasteiger charge is 1.99. The van der Waals surface area contributed by atoms with Crippen molar-refractivity contribution < 1.29 is 5.11 Å². The van der Waals surface area contributed by atoms with Crippen LogP contribution in [-0.2, 0) is 0 Å². The van der Waals surface area contributed by atoms with E-state index in [1.807, 2.05) is 0 Å². The molecule has 10 heavy (non-hydrogen) atoms. The van der Waals surface area contributed by atoms with E-state index in [-0.39, 0.29) is 11.8 Å². The molecule has 0 saturated heterocycles. The maximum Gasteiger partial charge on any atom is 0.138 e. The molecule has 0 fully saturated rings. The number of hydrogen-bond acceptors (Lipinski definition) is 3. The minimum Gasteiger partial charge on any atom is -0.506 e. The largest absolute Gasteiger partial charge is 0.506 e. The molecular weight excluding hydrogens is 128 g/mol. The molecule has 1 atom stereocenters. The molecule has 0 amide bonds. The second kappa shape index (κ2) is 2.58. The predicted octanol–water partition coefficient (Wildman–Crippen LogP) is 0.168. The Bertz CT molecular complexity index is 194. The van der Waals surface area contributed by atoms with E-state index in [2.05, 4.69) is 0 Å². The third kappa shape index (κ3) is 1.39. The van der Waals surface area contributed by atoms with Crippen molar-refractivity contribution in [3.63, 3.8) is 0 Å². The van der Waals surface area contributed by atoms with E-state index in [0.717, 1.165) is 0 Å². The molecule has 0 heterocycles. The van der Waals surface area contributed by atoms with E-state index in [0.29, 0.717) is 5.70 Å².